The Morgan fingerprint density at radius 3 is 2.44 bits per heavy atom. The monoisotopic (exact) mass is 623 g/mol. The number of imidazole rings is 1. The Hall–Kier alpha value is -3.76. The van der Waals surface area contributed by atoms with Crippen LogP contribution in [0.3, 0.4) is 0 Å². The van der Waals surface area contributed by atoms with Gasteiger partial charge in [-0.15, -0.1) is 0 Å². The van der Waals surface area contributed by atoms with Crippen LogP contribution in [0, 0.1) is 10.8 Å². The topological polar surface area (TPSA) is 107 Å². The van der Waals surface area contributed by atoms with E-state index in [1.54, 1.807) is 20.0 Å². The fourth-order valence-electron chi connectivity index (χ4n) is 7.30. The van der Waals surface area contributed by atoms with E-state index in [0.29, 0.717) is 35.4 Å². The van der Waals surface area contributed by atoms with Crippen LogP contribution in [0.2, 0.25) is 5.02 Å². The number of hydrogen-bond acceptors (Lipinski definition) is 7. The molecule has 0 radical (unpaired) electrons. The Labute approximate surface area is 265 Å². The molecular weight excluding hydrogens is 590 g/mol. The first-order chi connectivity index (χ1) is 21.7. The van der Waals surface area contributed by atoms with Crippen LogP contribution in [-0.2, 0) is 15.9 Å². The number of H-pyrrole nitrogens is 1. The van der Waals surface area contributed by atoms with Crippen LogP contribution in [0.1, 0.15) is 38.7 Å². The maximum Gasteiger partial charge on any atom is 0.296 e. The molecule has 2 saturated carbocycles. The number of hydrogen-bond donors (Lipinski definition) is 2. The largest absolute Gasteiger partial charge is 0.461 e. The lowest BCUT2D eigenvalue weighted by Gasteiger charge is -2.16. The predicted molar refractivity (Wildman–Crippen MR) is 170 cm³/mol. The molecule has 2 aromatic carbocycles. The van der Waals surface area contributed by atoms with Crippen molar-refractivity contribution < 1.29 is 19.3 Å². The van der Waals surface area contributed by atoms with E-state index in [4.69, 9.17) is 30.8 Å². The third-order valence-electron chi connectivity index (χ3n) is 10.0. The van der Waals surface area contributed by atoms with Crippen molar-refractivity contribution in [2.75, 3.05) is 13.2 Å². The Morgan fingerprint density at radius 1 is 1.00 bits per heavy atom. The van der Waals surface area contributed by atoms with Crippen molar-refractivity contribution in [1.82, 2.24) is 24.7 Å². The number of aliphatic hydroxyl groups is 1. The van der Waals surface area contributed by atoms with Crippen molar-refractivity contribution >= 4 is 22.8 Å². The van der Waals surface area contributed by atoms with Crippen LogP contribution in [0.4, 0.5) is 0 Å². The Morgan fingerprint density at radius 2 is 1.71 bits per heavy atom. The maximum absolute atomic E-state index is 10.1. The lowest BCUT2D eigenvalue weighted by atomic mass is 9.92. The fourth-order valence-corrected chi connectivity index (χ4v) is 7.56. The average molecular weight is 624 g/mol. The van der Waals surface area contributed by atoms with Gasteiger partial charge < -0.3 is 24.3 Å². The zero-order chi connectivity index (χ0) is 30.6. The summed E-state index contributed by atoms with van der Waals surface area (Å²) in [5.41, 5.74) is 6.44. The van der Waals surface area contributed by atoms with Gasteiger partial charge in [-0.05, 0) is 68.0 Å². The molecule has 10 heteroatoms. The number of fused-ring (bicyclic) bond motifs is 4. The SMILES string of the molecule is CC(C)(O)Cc1cnn(-c2ccc(-c3ccc(-c4nc5nc(OC6CC67COC6C7OCC67CC7)[nH]c5cc4Cl)cc3)cc2)c1. The Balaban J connectivity index is 0.897. The standard InChI is InChI=1S/C35H34ClN5O4/c1-33(2,42)14-20-16-37-41(17-20)24-9-7-22(8-10-24)21-3-5-23(6-4-21)28-25(36)13-26-31(39-28)40-32(38-26)45-27-15-35(27)19-44-29-30(35)43-18-34(29)11-12-34/h3-10,13,16-17,27,29-30,42H,11-12,14-15,18-19H2,1-2H3,(H,38,39,40). The molecule has 230 valence electrons. The third-order valence-corrected chi connectivity index (χ3v) is 10.3. The van der Waals surface area contributed by atoms with Gasteiger partial charge in [-0.2, -0.15) is 10.1 Å². The summed E-state index contributed by atoms with van der Waals surface area (Å²) >= 11 is 6.72. The number of nitrogens with one attached hydrogen (secondary N) is 1. The number of nitrogens with zero attached hydrogens (tertiary/aromatic N) is 4. The van der Waals surface area contributed by atoms with E-state index in [-0.39, 0.29) is 29.1 Å². The van der Waals surface area contributed by atoms with Crippen molar-refractivity contribution in [3.8, 4) is 34.1 Å². The summed E-state index contributed by atoms with van der Waals surface area (Å²) in [6.45, 7) is 5.11. The van der Waals surface area contributed by atoms with Gasteiger partial charge in [0.2, 0.25) is 0 Å². The highest BCUT2D eigenvalue weighted by Crippen LogP contribution is 2.67. The maximum atomic E-state index is 10.1. The zero-order valence-electron chi connectivity index (χ0n) is 25.2. The van der Waals surface area contributed by atoms with Crippen LogP contribution < -0.4 is 4.74 Å². The molecule has 2 aliphatic carbocycles. The van der Waals surface area contributed by atoms with Gasteiger partial charge in [-0.25, -0.2) is 9.67 Å². The van der Waals surface area contributed by atoms with E-state index in [0.717, 1.165) is 46.5 Å². The van der Waals surface area contributed by atoms with E-state index in [1.165, 1.54) is 12.8 Å². The van der Waals surface area contributed by atoms with E-state index < -0.39 is 5.60 Å². The van der Waals surface area contributed by atoms with Crippen molar-refractivity contribution in [3.05, 3.63) is 77.6 Å². The first kappa shape index (κ1) is 27.5. The summed E-state index contributed by atoms with van der Waals surface area (Å²) in [4.78, 5) is 12.7. The summed E-state index contributed by atoms with van der Waals surface area (Å²) < 4.78 is 20.6. The molecule has 4 unspecified atom stereocenters. The van der Waals surface area contributed by atoms with Gasteiger partial charge in [0.15, 0.2) is 5.65 Å². The van der Waals surface area contributed by atoms with Crippen LogP contribution in [0.15, 0.2) is 67.0 Å². The fraction of sp³-hybridized carbons (Fsp3) is 0.400. The molecule has 5 aromatic rings. The van der Waals surface area contributed by atoms with E-state index in [9.17, 15) is 5.11 Å². The molecule has 4 atom stereocenters. The van der Waals surface area contributed by atoms with Gasteiger partial charge in [-0.1, -0.05) is 48.0 Å². The highest BCUT2D eigenvalue weighted by Gasteiger charge is 2.75. The number of aromatic amines is 1. The smallest absolute Gasteiger partial charge is 0.296 e. The molecular formula is C35H34ClN5O4. The van der Waals surface area contributed by atoms with Crippen molar-refractivity contribution in [3.63, 3.8) is 0 Å². The van der Waals surface area contributed by atoms with Gasteiger partial charge in [0.25, 0.3) is 6.01 Å². The molecule has 9 nitrogen and oxygen atoms in total. The lowest BCUT2D eigenvalue weighted by molar-refractivity contribution is 0.0464. The Kier molecular flexibility index (Phi) is 5.89. The van der Waals surface area contributed by atoms with Gasteiger partial charge in [0, 0.05) is 23.6 Å². The predicted octanol–water partition coefficient (Wildman–Crippen LogP) is 6.16. The molecule has 4 aliphatic rings. The van der Waals surface area contributed by atoms with Gasteiger partial charge in [-0.3, -0.25) is 0 Å². The number of benzene rings is 2. The van der Waals surface area contributed by atoms with Gasteiger partial charge in [0.05, 0.1) is 64.6 Å². The molecule has 2 N–H and O–H groups in total. The molecule has 0 amide bonds. The van der Waals surface area contributed by atoms with Crippen molar-refractivity contribution in [2.24, 2.45) is 10.8 Å². The van der Waals surface area contributed by atoms with E-state index in [1.807, 2.05) is 41.2 Å². The number of rotatable bonds is 7. The number of pyridine rings is 1. The lowest BCUT2D eigenvalue weighted by Crippen LogP contribution is -2.30. The normalized spacial score (nSPS) is 26.2. The minimum absolute atomic E-state index is 0.0224. The van der Waals surface area contributed by atoms with E-state index >= 15 is 0 Å². The molecule has 3 aromatic heterocycles. The van der Waals surface area contributed by atoms with Crippen LogP contribution in [-0.4, -0.2) is 67.0 Å². The highest BCUT2D eigenvalue weighted by atomic mass is 35.5. The molecule has 2 spiro atoms. The molecule has 0 bridgehead atoms. The average Bonchev–Trinajstić information content (AvgIpc) is 3.63. The van der Waals surface area contributed by atoms with Crippen molar-refractivity contribution in [2.45, 2.75) is 63.4 Å². The second-order valence-electron chi connectivity index (χ2n) is 14.0. The molecule has 2 saturated heterocycles. The summed E-state index contributed by atoms with van der Waals surface area (Å²) in [7, 11) is 0. The number of aromatic nitrogens is 5. The summed E-state index contributed by atoms with van der Waals surface area (Å²) in [6, 6.07) is 18.8. The molecule has 9 rings (SSSR count). The zero-order valence-corrected chi connectivity index (χ0v) is 25.9. The van der Waals surface area contributed by atoms with Crippen LogP contribution in [0.25, 0.3) is 39.2 Å². The minimum atomic E-state index is -0.773. The van der Waals surface area contributed by atoms with Crippen LogP contribution >= 0.6 is 11.6 Å². The number of ether oxygens (including phenoxy) is 3. The first-order valence-electron chi connectivity index (χ1n) is 15.6. The summed E-state index contributed by atoms with van der Waals surface area (Å²) in [6.07, 6.45) is 8.02. The molecule has 5 heterocycles. The van der Waals surface area contributed by atoms with Gasteiger partial charge >= 0.3 is 0 Å². The van der Waals surface area contributed by atoms with Crippen molar-refractivity contribution in [1.29, 1.82) is 0 Å². The highest BCUT2D eigenvalue weighted by molar-refractivity contribution is 6.33. The Bertz CT molecular complexity index is 1920. The number of halogens is 1. The summed E-state index contributed by atoms with van der Waals surface area (Å²) in [5.74, 6) is 0. The summed E-state index contributed by atoms with van der Waals surface area (Å²) in [5, 5.41) is 15.1. The first-order valence-corrected chi connectivity index (χ1v) is 16.0. The minimum Gasteiger partial charge on any atom is -0.461 e. The second-order valence-corrected chi connectivity index (χ2v) is 14.4. The van der Waals surface area contributed by atoms with E-state index in [2.05, 4.69) is 39.3 Å². The second kappa shape index (κ2) is 9.62. The molecule has 4 fully saturated rings. The molecule has 2 aliphatic heterocycles. The quantitative estimate of drug-likeness (QED) is 0.224. The third kappa shape index (κ3) is 4.67. The molecule has 45 heavy (non-hydrogen) atoms. The van der Waals surface area contributed by atoms with Crippen LogP contribution in [0.5, 0.6) is 6.01 Å². The van der Waals surface area contributed by atoms with Gasteiger partial charge in [0.1, 0.15) is 6.10 Å².